The average Bonchev–Trinajstić information content (AvgIpc) is 3.87. The van der Waals surface area contributed by atoms with Crippen molar-refractivity contribution in [3.63, 3.8) is 0 Å². The van der Waals surface area contributed by atoms with Crippen molar-refractivity contribution >= 4 is 43.6 Å². The largest absolute Gasteiger partial charge is 0.420 e. The van der Waals surface area contributed by atoms with Crippen molar-refractivity contribution in [1.29, 1.82) is 0 Å². The Balaban J connectivity index is 1.28. The number of hydrogen-bond donors (Lipinski definition) is 0. The van der Waals surface area contributed by atoms with Crippen LogP contribution in [-0.2, 0) is 6.18 Å². The molecule has 12 rings (SSSR count). The third-order valence-corrected chi connectivity index (χ3v) is 14.4. The van der Waals surface area contributed by atoms with Gasteiger partial charge in [0.2, 0.25) is 0 Å². The Labute approximate surface area is 413 Å². The minimum atomic E-state index is -4.98. The van der Waals surface area contributed by atoms with E-state index in [4.69, 9.17) is 0 Å². The number of fused-ring (bicyclic) bond motifs is 6. The zero-order valence-electron chi connectivity index (χ0n) is 39.8. The van der Waals surface area contributed by atoms with E-state index in [2.05, 4.69) is 0 Å². The quantitative estimate of drug-likeness (QED) is 0.141. The van der Waals surface area contributed by atoms with Crippen LogP contribution in [-0.4, -0.2) is 9.13 Å². The molecular weight excluding hydrogens is 904 g/mol. The van der Waals surface area contributed by atoms with Gasteiger partial charge in [-0.3, -0.25) is 0 Å². The second kappa shape index (κ2) is 17.1. The predicted molar refractivity (Wildman–Crippen MR) is 286 cm³/mol. The fraction of sp³-hybridized carbons (Fsp3) is 0.0769. The van der Waals surface area contributed by atoms with Gasteiger partial charge in [-0.2, -0.15) is 13.2 Å². The third-order valence-electron chi connectivity index (χ3n) is 14.4. The lowest BCUT2D eigenvalue weighted by atomic mass is 9.97. The molecule has 0 N–H and O–H groups in total. The number of rotatable bonds is 7. The van der Waals surface area contributed by atoms with Crippen molar-refractivity contribution < 1.29 is 22.0 Å². The molecule has 0 aliphatic rings. The maximum atomic E-state index is 17.2. The Morgan fingerprint density at radius 2 is 0.583 bits per heavy atom. The number of hydrogen-bond acceptors (Lipinski definition) is 0. The lowest BCUT2D eigenvalue weighted by molar-refractivity contribution is -0.137. The average molecular weight is 949 g/mol. The monoisotopic (exact) mass is 948 g/mol. The first-order chi connectivity index (χ1) is 34.8. The van der Waals surface area contributed by atoms with Crippen LogP contribution in [0.4, 0.5) is 22.0 Å². The van der Waals surface area contributed by atoms with Crippen molar-refractivity contribution in [1.82, 2.24) is 9.13 Å². The van der Waals surface area contributed by atoms with Crippen LogP contribution in [0.25, 0.3) is 111 Å². The maximum Gasteiger partial charge on any atom is 0.420 e. The molecule has 7 heteroatoms. The third kappa shape index (κ3) is 7.46. The summed E-state index contributed by atoms with van der Waals surface area (Å²) < 4.78 is 86.0. The summed E-state index contributed by atoms with van der Waals surface area (Å²) in [6, 6.07) is 61.6. The number of benzene rings is 10. The van der Waals surface area contributed by atoms with Gasteiger partial charge in [-0.1, -0.05) is 146 Å². The molecule has 0 saturated heterocycles. The van der Waals surface area contributed by atoms with E-state index >= 15 is 22.0 Å². The molecule has 0 aliphatic carbocycles. The van der Waals surface area contributed by atoms with Crippen molar-refractivity contribution in [2.45, 2.75) is 33.9 Å². The first kappa shape index (κ1) is 44.6. The Morgan fingerprint density at radius 3 is 0.861 bits per heavy atom. The van der Waals surface area contributed by atoms with Crippen LogP contribution in [0.1, 0.15) is 27.8 Å². The van der Waals surface area contributed by atoms with Crippen LogP contribution in [0.3, 0.4) is 0 Å². The topological polar surface area (TPSA) is 9.86 Å². The van der Waals surface area contributed by atoms with Crippen LogP contribution in [0.5, 0.6) is 0 Å². The minimum absolute atomic E-state index is 0.0904. The van der Waals surface area contributed by atoms with Crippen LogP contribution < -0.4 is 0 Å². The highest BCUT2D eigenvalue weighted by molar-refractivity contribution is 6.13. The summed E-state index contributed by atoms with van der Waals surface area (Å²) >= 11 is 0. The van der Waals surface area contributed by atoms with Crippen LogP contribution in [0.15, 0.2) is 200 Å². The van der Waals surface area contributed by atoms with Gasteiger partial charge in [0.1, 0.15) is 17.2 Å². The highest BCUT2D eigenvalue weighted by Crippen LogP contribution is 2.48. The summed E-state index contributed by atoms with van der Waals surface area (Å²) in [5, 5.41) is 2.99. The fourth-order valence-electron chi connectivity index (χ4n) is 11.0. The highest BCUT2D eigenvalue weighted by atomic mass is 19.4. The molecule has 0 bridgehead atoms. The molecule has 2 heterocycles. The van der Waals surface area contributed by atoms with Crippen LogP contribution >= 0.6 is 0 Å². The molecule has 0 fully saturated rings. The van der Waals surface area contributed by atoms with E-state index in [-0.39, 0.29) is 22.5 Å². The Bertz CT molecular complexity index is 3710. The second-order valence-corrected chi connectivity index (χ2v) is 18.9. The van der Waals surface area contributed by atoms with E-state index in [0.29, 0.717) is 22.1 Å². The van der Waals surface area contributed by atoms with Gasteiger partial charge in [-0.05, 0) is 154 Å². The summed E-state index contributed by atoms with van der Waals surface area (Å²) in [6.45, 7) is 8.06. The van der Waals surface area contributed by atoms with Crippen molar-refractivity contribution in [2.75, 3.05) is 0 Å². The van der Waals surface area contributed by atoms with E-state index in [1.807, 2.05) is 198 Å². The number of nitrogens with zero attached hydrogens (tertiary/aromatic N) is 2. The molecule has 0 amide bonds. The molecule has 0 atom stereocenters. The fourth-order valence-corrected chi connectivity index (χ4v) is 11.0. The smallest absolute Gasteiger partial charge is 0.308 e. The Kier molecular flexibility index (Phi) is 10.6. The normalized spacial score (nSPS) is 12.0. The van der Waals surface area contributed by atoms with Crippen LogP contribution in [0.2, 0.25) is 0 Å². The molecule has 10 aromatic carbocycles. The minimum Gasteiger partial charge on any atom is -0.308 e. The van der Waals surface area contributed by atoms with E-state index in [1.54, 1.807) is 9.13 Å². The summed E-state index contributed by atoms with van der Waals surface area (Å²) in [7, 11) is 0. The first-order valence-electron chi connectivity index (χ1n) is 23.9. The lowest BCUT2D eigenvalue weighted by Gasteiger charge is -2.23. The van der Waals surface area contributed by atoms with Gasteiger partial charge in [-0.25, -0.2) is 8.78 Å². The van der Waals surface area contributed by atoms with Crippen molar-refractivity contribution in [3.05, 3.63) is 240 Å². The van der Waals surface area contributed by atoms with Gasteiger partial charge in [0.05, 0.1) is 33.4 Å². The van der Waals surface area contributed by atoms with Gasteiger partial charge in [0.25, 0.3) is 0 Å². The van der Waals surface area contributed by atoms with E-state index in [1.165, 1.54) is 24.3 Å². The Morgan fingerprint density at radius 1 is 0.306 bits per heavy atom. The van der Waals surface area contributed by atoms with Crippen molar-refractivity contribution in [2.24, 2.45) is 0 Å². The molecular formula is C65H45F5N2. The number of aromatic nitrogens is 2. The van der Waals surface area contributed by atoms with E-state index < -0.39 is 23.4 Å². The zero-order chi connectivity index (χ0) is 49.6. The first-order valence-corrected chi connectivity index (χ1v) is 23.9. The summed E-state index contributed by atoms with van der Waals surface area (Å²) in [6.07, 6.45) is -4.98. The maximum absolute atomic E-state index is 17.2. The SMILES string of the molecule is Cc1ccccc1-c1ccc2c3ccc(-c4ccccc4C)cc3n(-c3cc(-c4cc(F)cc(F)c4)cc(-n4c5cc(-c6ccccc6C)ccc5c5ccc(-c6ccccc6C)cc54)c3C(F)(F)F)c2c1. The molecule has 0 spiro atoms. The van der Waals surface area contributed by atoms with Gasteiger partial charge in [0, 0.05) is 27.6 Å². The molecule has 0 aliphatic heterocycles. The number of aryl methyl sites for hydroxylation is 4. The van der Waals surface area contributed by atoms with Gasteiger partial charge < -0.3 is 9.13 Å². The van der Waals surface area contributed by atoms with E-state index in [0.717, 1.165) is 94.4 Å². The summed E-state index contributed by atoms with van der Waals surface area (Å²) in [4.78, 5) is 0. The van der Waals surface area contributed by atoms with Crippen molar-refractivity contribution in [3.8, 4) is 67.0 Å². The lowest BCUT2D eigenvalue weighted by Crippen LogP contribution is -2.16. The molecule has 0 saturated carbocycles. The summed E-state index contributed by atoms with van der Waals surface area (Å²) in [5.74, 6) is -1.70. The molecule has 0 unspecified atom stereocenters. The Hall–Kier alpha value is -8.55. The molecule has 0 radical (unpaired) electrons. The van der Waals surface area contributed by atoms with Gasteiger partial charge in [-0.15, -0.1) is 0 Å². The van der Waals surface area contributed by atoms with E-state index in [9.17, 15) is 0 Å². The molecule has 12 aromatic rings. The summed E-state index contributed by atoms with van der Waals surface area (Å²) in [5.41, 5.74) is 12.3. The molecule has 2 nitrogen and oxygen atoms in total. The molecule has 350 valence electrons. The molecule has 72 heavy (non-hydrogen) atoms. The highest BCUT2D eigenvalue weighted by Gasteiger charge is 2.40. The van der Waals surface area contributed by atoms with Gasteiger partial charge >= 0.3 is 6.18 Å². The molecule has 2 aromatic heterocycles. The second-order valence-electron chi connectivity index (χ2n) is 18.9. The standard InChI is InChI=1S/C65H45F5N2/c1-38-13-5-9-17-50(38)42-21-25-54-55-26-22-43(51-18-10-6-14-39(51)2)32-59(55)71(58(54)31-42)62-35-47(46-29-48(66)37-49(67)30-46)36-63(64(62)65(68,69)70)72-60-33-44(52-19-11-7-15-40(52)3)23-27-56(60)57-28-24-45(34-61(57)72)53-20-12-8-16-41(53)4/h5-37H,1-4H3. The predicted octanol–water partition coefficient (Wildman–Crippen LogP) is 18.7. The van der Waals surface area contributed by atoms with Crippen LogP contribution in [0, 0.1) is 39.3 Å². The zero-order valence-corrected chi connectivity index (χ0v) is 39.8. The number of halogens is 5. The van der Waals surface area contributed by atoms with Gasteiger partial charge in [0.15, 0.2) is 0 Å². The number of alkyl halides is 3.